The Hall–Kier alpha value is -2.76. The summed E-state index contributed by atoms with van der Waals surface area (Å²) < 4.78 is 11.4. The average Bonchev–Trinajstić information content (AvgIpc) is 3.06. The second-order valence-corrected chi connectivity index (χ2v) is 8.15. The van der Waals surface area contributed by atoms with Crippen molar-refractivity contribution in [1.29, 1.82) is 0 Å². The van der Waals surface area contributed by atoms with E-state index in [2.05, 4.69) is 18.2 Å². The van der Waals surface area contributed by atoms with Gasteiger partial charge in [0.15, 0.2) is 0 Å². The number of benzene rings is 1. The highest BCUT2D eigenvalue weighted by atomic mass is 16.6. The van der Waals surface area contributed by atoms with Crippen LogP contribution in [0.25, 0.3) is 5.57 Å². The standard InChI is InChI=1S/C22H27NO5/c1-22(2,3)28-21(26)23-14-18(13-19(23)20(24)25)27-17-11-7-10-16(12-17)15-8-5-4-6-9-15/h4-5,7-8,10-12,18-19H,6,9,13-14H2,1-3H3,(H,24,25). The summed E-state index contributed by atoms with van der Waals surface area (Å²) in [5.41, 5.74) is 1.66. The van der Waals surface area contributed by atoms with Crippen molar-refractivity contribution < 1.29 is 24.2 Å². The SMILES string of the molecule is CC(C)(C)OC(=O)N1CC(Oc2cccc(C3=CC=CCC3)c2)CC1C(=O)O. The van der Waals surface area contributed by atoms with Gasteiger partial charge < -0.3 is 14.6 Å². The number of likely N-dealkylation sites (tertiary alicyclic amines) is 1. The molecule has 2 unspecified atom stereocenters. The topological polar surface area (TPSA) is 76.1 Å². The number of aliphatic carboxylic acids is 1. The second-order valence-electron chi connectivity index (χ2n) is 8.15. The van der Waals surface area contributed by atoms with Crippen molar-refractivity contribution in [2.75, 3.05) is 6.54 Å². The molecule has 2 atom stereocenters. The molecule has 1 aliphatic carbocycles. The Morgan fingerprint density at radius 2 is 2.04 bits per heavy atom. The molecule has 1 N–H and O–H groups in total. The molecule has 0 aromatic heterocycles. The van der Waals surface area contributed by atoms with Gasteiger partial charge in [0, 0.05) is 6.42 Å². The van der Waals surface area contributed by atoms with Crippen LogP contribution < -0.4 is 4.74 Å². The number of carbonyl (C=O) groups is 2. The Kier molecular flexibility index (Phi) is 5.77. The van der Waals surface area contributed by atoms with E-state index in [0.29, 0.717) is 5.75 Å². The molecule has 0 saturated carbocycles. The van der Waals surface area contributed by atoms with E-state index in [-0.39, 0.29) is 13.0 Å². The van der Waals surface area contributed by atoms with E-state index in [1.807, 2.05) is 24.3 Å². The highest BCUT2D eigenvalue weighted by Crippen LogP contribution is 2.29. The van der Waals surface area contributed by atoms with Crippen molar-refractivity contribution in [2.45, 2.75) is 57.8 Å². The molecule has 6 nitrogen and oxygen atoms in total. The normalized spacial score (nSPS) is 22.0. The van der Waals surface area contributed by atoms with E-state index in [1.54, 1.807) is 20.8 Å². The predicted molar refractivity (Wildman–Crippen MR) is 106 cm³/mol. The van der Waals surface area contributed by atoms with Crippen LogP contribution in [0.4, 0.5) is 4.79 Å². The van der Waals surface area contributed by atoms with Gasteiger partial charge in [-0.05, 0) is 56.9 Å². The van der Waals surface area contributed by atoms with Gasteiger partial charge in [-0.2, -0.15) is 0 Å². The van der Waals surface area contributed by atoms with Gasteiger partial charge in [-0.25, -0.2) is 9.59 Å². The van der Waals surface area contributed by atoms with Crippen molar-refractivity contribution in [2.24, 2.45) is 0 Å². The Balaban J connectivity index is 1.71. The molecule has 1 saturated heterocycles. The molecule has 0 spiro atoms. The van der Waals surface area contributed by atoms with Crippen LogP contribution >= 0.6 is 0 Å². The first-order chi connectivity index (χ1) is 13.2. The number of amides is 1. The molecule has 2 aliphatic rings. The highest BCUT2D eigenvalue weighted by molar-refractivity contribution is 5.81. The maximum Gasteiger partial charge on any atom is 0.411 e. The summed E-state index contributed by atoms with van der Waals surface area (Å²) in [5.74, 6) is -0.377. The number of carbonyl (C=O) groups excluding carboxylic acids is 1. The molecule has 150 valence electrons. The zero-order chi connectivity index (χ0) is 20.3. The minimum absolute atomic E-state index is 0.182. The predicted octanol–water partition coefficient (Wildman–Crippen LogP) is 4.26. The van der Waals surface area contributed by atoms with E-state index in [4.69, 9.17) is 9.47 Å². The summed E-state index contributed by atoms with van der Waals surface area (Å²) in [6.45, 7) is 5.45. The van der Waals surface area contributed by atoms with Crippen molar-refractivity contribution in [1.82, 2.24) is 4.90 Å². The van der Waals surface area contributed by atoms with Gasteiger partial charge in [-0.15, -0.1) is 0 Å². The third kappa shape index (κ3) is 4.94. The van der Waals surface area contributed by atoms with E-state index >= 15 is 0 Å². The fraction of sp³-hybridized carbons (Fsp3) is 0.455. The lowest BCUT2D eigenvalue weighted by Gasteiger charge is -2.26. The summed E-state index contributed by atoms with van der Waals surface area (Å²) in [4.78, 5) is 25.3. The number of hydrogen-bond acceptors (Lipinski definition) is 4. The van der Waals surface area contributed by atoms with Crippen LogP contribution in [0.5, 0.6) is 5.75 Å². The van der Waals surface area contributed by atoms with E-state index in [9.17, 15) is 14.7 Å². The molecule has 6 heteroatoms. The Morgan fingerprint density at radius 1 is 1.25 bits per heavy atom. The van der Waals surface area contributed by atoms with Crippen molar-refractivity contribution in [3.05, 3.63) is 48.1 Å². The molecule has 1 aliphatic heterocycles. The van der Waals surface area contributed by atoms with Crippen LogP contribution in [0.1, 0.15) is 45.6 Å². The molecule has 1 fully saturated rings. The molecule has 1 aromatic carbocycles. The number of hydrogen-bond donors (Lipinski definition) is 1. The van der Waals surface area contributed by atoms with Gasteiger partial charge in [0.25, 0.3) is 0 Å². The van der Waals surface area contributed by atoms with Crippen LogP contribution in [0.2, 0.25) is 0 Å². The van der Waals surface area contributed by atoms with Crippen molar-refractivity contribution in [3.8, 4) is 5.75 Å². The lowest BCUT2D eigenvalue weighted by Crippen LogP contribution is -2.43. The first-order valence-corrected chi connectivity index (χ1v) is 9.58. The molecule has 3 rings (SSSR count). The largest absolute Gasteiger partial charge is 0.488 e. The molecular weight excluding hydrogens is 358 g/mol. The van der Waals surface area contributed by atoms with Crippen LogP contribution in [0, 0.1) is 0 Å². The second kappa shape index (κ2) is 8.09. The van der Waals surface area contributed by atoms with Crippen LogP contribution in [-0.2, 0) is 9.53 Å². The van der Waals surface area contributed by atoms with Gasteiger partial charge in [0.1, 0.15) is 23.5 Å². The minimum Gasteiger partial charge on any atom is -0.488 e. The zero-order valence-corrected chi connectivity index (χ0v) is 16.6. The monoisotopic (exact) mass is 385 g/mol. The first kappa shape index (κ1) is 20.0. The van der Waals surface area contributed by atoms with Crippen LogP contribution in [0.3, 0.4) is 0 Å². The van der Waals surface area contributed by atoms with Crippen molar-refractivity contribution in [3.63, 3.8) is 0 Å². The van der Waals surface area contributed by atoms with E-state index in [0.717, 1.165) is 18.4 Å². The summed E-state index contributed by atoms with van der Waals surface area (Å²) >= 11 is 0. The number of nitrogens with zero attached hydrogens (tertiary/aromatic N) is 1. The highest BCUT2D eigenvalue weighted by Gasteiger charge is 2.42. The number of carboxylic acids is 1. The minimum atomic E-state index is -1.05. The number of carboxylic acid groups (broad SMARTS) is 1. The van der Waals surface area contributed by atoms with Gasteiger partial charge in [0.05, 0.1) is 6.54 Å². The van der Waals surface area contributed by atoms with Gasteiger partial charge in [-0.1, -0.05) is 30.4 Å². The smallest absolute Gasteiger partial charge is 0.411 e. The molecule has 28 heavy (non-hydrogen) atoms. The van der Waals surface area contributed by atoms with Crippen LogP contribution in [0.15, 0.2) is 42.5 Å². The Labute approximate surface area is 165 Å². The lowest BCUT2D eigenvalue weighted by atomic mass is 9.97. The third-order valence-electron chi connectivity index (χ3n) is 4.70. The lowest BCUT2D eigenvalue weighted by molar-refractivity contribution is -0.142. The molecule has 1 amide bonds. The summed E-state index contributed by atoms with van der Waals surface area (Å²) in [7, 11) is 0. The first-order valence-electron chi connectivity index (χ1n) is 9.58. The number of allylic oxidation sites excluding steroid dienone is 4. The maximum atomic E-state index is 12.4. The third-order valence-corrected chi connectivity index (χ3v) is 4.70. The quantitative estimate of drug-likeness (QED) is 0.838. The van der Waals surface area contributed by atoms with E-state index < -0.39 is 29.8 Å². The fourth-order valence-corrected chi connectivity index (χ4v) is 3.44. The summed E-state index contributed by atoms with van der Waals surface area (Å²) in [5, 5.41) is 9.51. The van der Waals surface area contributed by atoms with E-state index in [1.165, 1.54) is 10.5 Å². The number of ether oxygens (including phenoxy) is 2. The maximum absolute atomic E-state index is 12.4. The molecule has 0 bridgehead atoms. The fourth-order valence-electron chi connectivity index (χ4n) is 3.44. The van der Waals surface area contributed by atoms with Gasteiger partial charge in [-0.3, -0.25) is 4.90 Å². The van der Waals surface area contributed by atoms with Gasteiger partial charge >= 0.3 is 12.1 Å². The van der Waals surface area contributed by atoms with Crippen molar-refractivity contribution >= 4 is 17.6 Å². The molecule has 1 aromatic rings. The average molecular weight is 385 g/mol. The molecule has 1 heterocycles. The van der Waals surface area contributed by atoms with Crippen LogP contribution in [-0.4, -0.2) is 46.4 Å². The molecular formula is C22H27NO5. The van der Waals surface area contributed by atoms with Gasteiger partial charge in [0.2, 0.25) is 0 Å². The molecule has 0 radical (unpaired) electrons. The summed E-state index contributed by atoms with van der Waals surface area (Å²) in [6, 6.07) is 6.85. The Morgan fingerprint density at radius 3 is 2.68 bits per heavy atom. The Bertz CT molecular complexity index is 805. The number of rotatable bonds is 4. The zero-order valence-electron chi connectivity index (χ0n) is 16.6. The summed E-state index contributed by atoms with van der Waals surface area (Å²) in [6.07, 6.45) is 7.50.